The second-order valence-electron chi connectivity index (χ2n) is 4.13. The molecule has 2 unspecified atom stereocenters. The number of rotatable bonds is 4. The number of carbonyl (C=O) groups is 1. The number of likely N-dealkylation sites (tertiary alicyclic amines) is 1. The lowest BCUT2D eigenvalue weighted by atomic mass is 10.2. The third kappa shape index (κ3) is 3.27. The monoisotopic (exact) mass is 199 g/mol. The Morgan fingerprint density at radius 2 is 2.00 bits per heavy atom. The summed E-state index contributed by atoms with van der Waals surface area (Å²) in [7, 11) is 0. The number of hydrogen-bond donors (Lipinski definition) is 2. The lowest BCUT2D eigenvalue weighted by Gasteiger charge is -2.24. The molecule has 1 aliphatic heterocycles. The lowest BCUT2D eigenvalue weighted by molar-refractivity contribution is -0.122. The first kappa shape index (κ1) is 11.5. The van der Waals surface area contributed by atoms with Gasteiger partial charge in [0.2, 0.25) is 5.91 Å². The molecule has 4 nitrogen and oxygen atoms in total. The zero-order valence-corrected chi connectivity index (χ0v) is 9.12. The SMILES string of the molecule is CC(N)C(=O)NCC(C)N1CCCC1. The minimum Gasteiger partial charge on any atom is -0.353 e. The Balaban J connectivity index is 2.20. The Morgan fingerprint density at radius 1 is 1.43 bits per heavy atom. The lowest BCUT2D eigenvalue weighted by Crippen LogP contribution is -2.45. The van der Waals surface area contributed by atoms with Gasteiger partial charge in [0.15, 0.2) is 0 Å². The van der Waals surface area contributed by atoms with E-state index < -0.39 is 6.04 Å². The van der Waals surface area contributed by atoms with Gasteiger partial charge in [0, 0.05) is 12.6 Å². The van der Waals surface area contributed by atoms with E-state index in [0.29, 0.717) is 12.6 Å². The normalized spacial score (nSPS) is 21.9. The average molecular weight is 199 g/mol. The Bertz CT molecular complexity index is 188. The standard InChI is InChI=1S/C10H21N3O/c1-8(13-5-3-4-6-13)7-12-10(14)9(2)11/h8-9H,3-7,11H2,1-2H3,(H,12,14). The van der Waals surface area contributed by atoms with Crippen LogP contribution >= 0.6 is 0 Å². The molecule has 0 aliphatic carbocycles. The summed E-state index contributed by atoms with van der Waals surface area (Å²) in [6.07, 6.45) is 2.57. The highest BCUT2D eigenvalue weighted by Gasteiger charge is 2.18. The molecule has 1 heterocycles. The third-order valence-corrected chi connectivity index (χ3v) is 2.75. The molecule has 1 amide bonds. The van der Waals surface area contributed by atoms with Crippen LogP contribution in [0.4, 0.5) is 0 Å². The van der Waals surface area contributed by atoms with Crippen LogP contribution in [0.3, 0.4) is 0 Å². The molecular weight excluding hydrogens is 178 g/mol. The van der Waals surface area contributed by atoms with Gasteiger partial charge in [0.1, 0.15) is 0 Å². The summed E-state index contributed by atoms with van der Waals surface area (Å²) >= 11 is 0. The van der Waals surface area contributed by atoms with Gasteiger partial charge >= 0.3 is 0 Å². The average Bonchev–Trinajstić information content (AvgIpc) is 2.66. The van der Waals surface area contributed by atoms with E-state index in [2.05, 4.69) is 17.1 Å². The topological polar surface area (TPSA) is 58.4 Å². The van der Waals surface area contributed by atoms with Crippen LogP contribution in [-0.4, -0.2) is 42.5 Å². The second kappa shape index (κ2) is 5.32. The quantitative estimate of drug-likeness (QED) is 0.666. The van der Waals surface area contributed by atoms with Crippen LogP contribution in [-0.2, 0) is 4.79 Å². The van der Waals surface area contributed by atoms with E-state index in [0.717, 1.165) is 13.1 Å². The van der Waals surface area contributed by atoms with Crippen molar-refractivity contribution in [2.45, 2.75) is 38.8 Å². The number of nitrogens with zero attached hydrogens (tertiary/aromatic N) is 1. The van der Waals surface area contributed by atoms with Crippen molar-refractivity contribution in [2.75, 3.05) is 19.6 Å². The fourth-order valence-electron chi connectivity index (χ4n) is 1.72. The van der Waals surface area contributed by atoms with Gasteiger partial charge in [-0.05, 0) is 39.8 Å². The maximum absolute atomic E-state index is 11.2. The molecule has 0 saturated carbocycles. The van der Waals surface area contributed by atoms with Crippen molar-refractivity contribution in [1.82, 2.24) is 10.2 Å². The number of amides is 1. The van der Waals surface area contributed by atoms with Crippen LogP contribution in [0.15, 0.2) is 0 Å². The van der Waals surface area contributed by atoms with Crippen LogP contribution < -0.4 is 11.1 Å². The van der Waals surface area contributed by atoms with Crippen molar-refractivity contribution in [2.24, 2.45) is 5.73 Å². The molecule has 1 saturated heterocycles. The predicted molar refractivity (Wildman–Crippen MR) is 56.9 cm³/mol. The Hall–Kier alpha value is -0.610. The molecule has 1 aliphatic rings. The summed E-state index contributed by atoms with van der Waals surface area (Å²) < 4.78 is 0. The van der Waals surface area contributed by atoms with E-state index >= 15 is 0 Å². The van der Waals surface area contributed by atoms with Gasteiger partial charge in [0.25, 0.3) is 0 Å². The molecule has 0 aromatic carbocycles. The minimum atomic E-state index is -0.402. The summed E-state index contributed by atoms with van der Waals surface area (Å²) in [6.45, 7) is 6.88. The van der Waals surface area contributed by atoms with Crippen LogP contribution in [0.1, 0.15) is 26.7 Å². The molecule has 1 rings (SSSR count). The van der Waals surface area contributed by atoms with E-state index in [9.17, 15) is 4.79 Å². The zero-order chi connectivity index (χ0) is 10.6. The highest BCUT2D eigenvalue weighted by Crippen LogP contribution is 2.10. The minimum absolute atomic E-state index is 0.0592. The number of nitrogens with two attached hydrogens (primary N) is 1. The summed E-state index contributed by atoms with van der Waals surface area (Å²) in [5.41, 5.74) is 5.45. The van der Waals surface area contributed by atoms with Crippen molar-refractivity contribution < 1.29 is 4.79 Å². The van der Waals surface area contributed by atoms with Gasteiger partial charge in [-0.3, -0.25) is 9.69 Å². The van der Waals surface area contributed by atoms with Gasteiger partial charge < -0.3 is 11.1 Å². The van der Waals surface area contributed by atoms with Crippen LogP contribution in [0, 0.1) is 0 Å². The molecule has 14 heavy (non-hydrogen) atoms. The smallest absolute Gasteiger partial charge is 0.236 e. The molecule has 4 heteroatoms. The van der Waals surface area contributed by atoms with E-state index in [1.54, 1.807) is 6.92 Å². The van der Waals surface area contributed by atoms with E-state index in [1.165, 1.54) is 12.8 Å². The molecule has 0 aromatic rings. The largest absolute Gasteiger partial charge is 0.353 e. The maximum Gasteiger partial charge on any atom is 0.236 e. The Labute approximate surface area is 85.8 Å². The highest BCUT2D eigenvalue weighted by atomic mass is 16.2. The van der Waals surface area contributed by atoms with Crippen molar-refractivity contribution in [3.8, 4) is 0 Å². The first-order valence-corrected chi connectivity index (χ1v) is 5.38. The zero-order valence-electron chi connectivity index (χ0n) is 9.12. The molecule has 2 atom stereocenters. The first-order valence-electron chi connectivity index (χ1n) is 5.38. The van der Waals surface area contributed by atoms with Gasteiger partial charge in [0.05, 0.1) is 6.04 Å². The molecule has 0 radical (unpaired) electrons. The third-order valence-electron chi connectivity index (χ3n) is 2.75. The number of hydrogen-bond acceptors (Lipinski definition) is 3. The van der Waals surface area contributed by atoms with Crippen molar-refractivity contribution in [3.63, 3.8) is 0 Å². The van der Waals surface area contributed by atoms with Crippen molar-refractivity contribution in [3.05, 3.63) is 0 Å². The molecule has 0 aromatic heterocycles. The Morgan fingerprint density at radius 3 is 2.50 bits per heavy atom. The first-order chi connectivity index (χ1) is 6.61. The summed E-state index contributed by atoms with van der Waals surface area (Å²) in [5, 5.41) is 2.85. The Kier molecular flexibility index (Phi) is 4.35. The van der Waals surface area contributed by atoms with E-state index in [1.807, 2.05) is 0 Å². The highest BCUT2D eigenvalue weighted by molar-refractivity contribution is 5.80. The summed E-state index contributed by atoms with van der Waals surface area (Å²) in [4.78, 5) is 13.6. The van der Waals surface area contributed by atoms with E-state index in [-0.39, 0.29) is 5.91 Å². The molecule has 3 N–H and O–H groups in total. The van der Waals surface area contributed by atoms with Gasteiger partial charge in [-0.1, -0.05) is 0 Å². The van der Waals surface area contributed by atoms with Gasteiger partial charge in [-0.25, -0.2) is 0 Å². The molecule has 0 spiro atoms. The second-order valence-corrected chi connectivity index (χ2v) is 4.13. The number of carbonyl (C=O) groups excluding carboxylic acids is 1. The maximum atomic E-state index is 11.2. The fraction of sp³-hybridized carbons (Fsp3) is 0.900. The number of nitrogens with one attached hydrogen (secondary N) is 1. The van der Waals surface area contributed by atoms with Gasteiger partial charge in [-0.2, -0.15) is 0 Å². The van der Waals surface area contributed by atoms with Gasteiger partial charge in [-0.15, -0.1) is 0 Å². The van der Waals surface area contributed by atoms with E-state index in [4.69, 9.17) is 5.73 Å². The van der Waals surface area contributed by atoms with Crippen molar-refractivity contribution >= 4 is 5.91 Å². The van der Waals surface area contributed by atoms with Crippen LogP contribution in [0.25, 0.3) is 0 Å². The fourth-order valence-corrected chi connectivity index (χ4v) is 1.72. The van der Waals surface area contributed by atoms with Crippen molar-refractivity contribution in [1.29, 1.82) is 0 Å². The summed E-state index contributed by atoms with van der Waals surface area (Å²) in [6, 6.07) is 0.0287. The summed E-state index contributed by atoms with van der Waals surface area (Å²) in [5.74, 6) is -0.0592. The predicted octanol–water partition coefficient (Wildman–Crippen LogP) is -0.0659. The molecule has 0 bridgehead atoms. The molecule has 82 valence electrons. The molecular formula is C10H21N3O. The van der Waals surface area contributed by atoms with Crippen LogP contribution in [0.2, 0.25) is 0 Å². The van der Waals surface area contributed by atoms with Crippen LogP contribution in [0.5, 0.6) is 0 Å². The molecule has 1 fully saturated rings.